The zero-order valence-corrected chi connectivity index (χ0v) is 11.4. The first kappa shape index (κ1) is 14.1. The van der Waals surface area contributed by atoms with Crippen LogP contribution in [0.3, 0.4) is 0 Å². The molecule has 6 heteroatoms. The molecule has 0 atom stereocenters. The molecule has 0 fully saturated rings. The average molecular weight is 290 g/mol. The Kier molecular flexibility index (Phi) is 4.75. The molecule has 0 aliphatic rings. The van der Waals surface area contributed by atoms with Gasteiger partial charge in [-0.1, -0.05) is 11.6 Å². The van der Waals surface area contributed by atoms with Crippen molar-refractivity contribution in [1.29, 1.82) is 5.26 Å². The molecule has 1 amide bonds. The van der Waals surface area contributed by atoms with Gasteiger partial charge in [-0.05, 0) is 24.3 Å². The minimum atomic E-state index is -0.196. The summed E-state index contributed by atoms with van der Waals surface area (Å²) in [7, 11) is 0. The van der Waals surface area contributed by atoms with E-state index < -0.39 is 0 Å². The van der Waals surface area contributed by atoms with Crippen LogP contribution in [0.25, 0.3) is 11.3 Å². The highest BCUT2D eigenvalue weighted by molar-refractivity contribution is 6.30. The highest BCUT2D eigenvalue weighted by Crippen LogP contribution is 2.22. The van der Waals surface area contributed by atoms with Gasteiger partial charge in [0.05, 0.1) is 12.3 Å². The van der Waals surface area contributed by atoms with Gasteiger partial charge < -0.3 is 9.73 Å². The van der Waals surface area contributed by atoms with Gasteiger partial charge in [-0.2, -0.15) is 5.26 Å². The van der Waals surface area contributed by atoms with Crippen molar-refractivity contribution in [2.75, 3.05) is 6.54 Å². The third kappa shape index (κ3) is 3.84. The fourth-order valence-electron chi connectivity index (χ4n) is 1.62. The number of benzene rings is 1. The Morgan fingerprint density at radius 1 is 1.40 bits per heavy atom. The van der Waals surface area contributed by atoms with E-state index in [0.717, 1.165) is 5.56 Å². The van der Waals surface area contributed by atoms with E-state index in [2.05, 4.69) is 10.3 Å². The topological polar surface area (TPSA) is 78.9 Å². The molecule has 1 aromatic heterocycles. The molecule has 1 N–H and O–H groups in total. The quantitative estimate of drug-likeness (QED) is 0.858. The summed E-state index contributed by atoms with van der Waals surface area (Å²) in [5.74, 6) is 0.925. The number of nitrogens with one attached hydrogen (secondary N) is 1. The van der Waals surface area contributed by atoms with Gasteiger partial charge in [0.25, 0.3) is 0 Å². The third-order valence-electron chi connectivity index (χ3n) is 2.61. The Morgan fingerprint density at radius 2 is 2.15 bits per heavy atom. The van der Waals surface area contributed by atoms with E-state index in [1.807, 2.05) is 18.2 Å². The molecule has 2 aromatic rings. The maximum atomic E-state index is 11.3. The molecule has 1 heterocycles. The Bertz CT molecular complexity index is 629. The van der Waals surface area contributed by atoms with Crippen LogP contribution in [0, 0.1) is 11.3 Å². The summed E-state index contributed by atoms with van der Waals surface area (Å²) >= 11 is 5.82. The second-order valence-corrected chi connectivity index (χ2v) is 4.50. The van der Waals surface area contributed by atoms with Crippen molar-refractivity contribution in [3.05, 3.63) is 41.4 Å². The minimum Gasteiger partial charge on any atom is -0.441 e. The number of carbonyl (C=O) groups is 1. The van der Waals surface area contributed by atoms with Gasteiger partial charge in [-0.15, -0.1) is 0 Å². The van der Waals surface area contributed by atoms with E-state index in [9.17, 15) is 4.79 Å². The largest absolute Gasteiger partial charge is 0.441 e. The summed E-state index contributed by atoms with van der Waals surface area (Å²) < 4.78 is 5.57. The number of hydrogen-bond acceptors (Lipinski definition) is 4. The van der Waals surface area contributed by atoms with Gasteiger partial charge in [-0.3, -0.25) is 4.79 Å². The summed E-state index contributed by atoms with van der Waals surface area (Å²) in [4.78, 5) is 15.5. The number of aromatic nitrogens is 1. The van der Waals surface area contributed by atoms with Gasteiger partial charge in [-0.25, -0.2) is 4.98 Å². The summed E-state index contributed by atoms with van der Waals surface area (Å²) in [6.07, 6.45) is 2.25. The van der Waals surface area contributed by atoms with Crippen LogP contribution in [0.15, 0.2) is 34.9 Å². The van der Waals surface area contributed by atoms with Crippen LogP contribution < -0.4 is 5.32 Å². The van der Waals surface area contributed by atoms with Crippen molar-refractivity contribution in [2.24, 2.45) is 0 Å². The highest BCUT2D eigenvalue weighted by Gasteiger charge is 2.08. The van der Waals surface area contributed by atoms with Gasteiger partial charge in [0.15, 0.2) is 11.7 Å². The van der Waals surface area contributed by atoms with Crippen LogP contribution in [-0.2, 0) is 11.2 Å². The summed E-state index contributed by atoms with van der Waals surface area (Å²) in [6, 6.07) is 9.07. The molecule has 0 saturated heterocycles. The monoisotopic (exact) mass is 289 g/mol. The number of hydrogen-bond donors (Lipinski definition) is 1. The average Bonchev–Trinajstić information content (AvgIpc) is 2.92. The van der Waals surface area contributed by atoms with Crippen molar-refractivity contribution in [2.45, 2.75) is 12.8 Å². The predicted molar refractivity (Wildman–Crippen MR) is 73.9 cm³/mol. The van der Waals surface area contributed by atoms with Crippen LogP contribution in [0.4, 0.5) is 0 Å². The fourth-order valence-corrected chi connectivity index (χ4v) is 1.75. The number of oxazole rings is 1. The summed E-state index contributed by atoms with van der Waals surface area (Å²) in [6.45, 7) is 0.0143. The Labute approximate surface area is 121 Å². The fraction of sp³-hybridized carbons (Fsp3) is 0.214. The van der Waals surface area contributed by atoms with Crippen molar-refractivity contribution >= 4 is 17.5 Å². The van der Waals surface area contributed by atoms with Gasteiger partial charge in [0.1, 0.15) is 6.54 Å². The standard InChI is InChI=1S/C14H12ClN3O2/c15-11-3-1-10(2-4-11)12-9-18-14(20-12)6-5-13(19)17-8-7-16/h1-4,9H,5-6,8H2,(H,17,19). The normalized spacial score (nSPS) is 10.0. The summed E-state index contributed by atoms with van der Waals surface area (Å²) in [5, 5.41) is 11.5. The van der Waals surface area contributed by atoms with E-state index in [1.165, 1.54) is 0 Å². The summed E-state index contributed by atoms with van der Waals surface area (Å²) in [5.41, 5.74) is 0.877. The SMILES string of the molecule is N#CCNC(=O)CCc1ncc(-c2ccc(Cl)cc2)o1. The maximum Gasteiger partial charge on any atom is 0.221 e. The van der Waals surface area contributed by atoms with Crippen LogP contribution in [0.1, 0.15) is 12.3 Å². The molecule has 0 aliphatic carbocycles. The third-order valence-corrected chi connectivity index (χ3v) is 2.86. The molecular weight excluding hydrogens is 278 g/mol. The molecule has 102 valence electrons. The Hall–Kier alpha value is -2.32. The number of aryl methyl sites for hydroxylation is 1. The molecular formula is C14H12ClN3O2. The van der Waals surface area contributed by atoms with Crippen molar-refractivity contribution < 1.29 is 9.21 Å². The van der Waals surface area contributed by atoms with Crippen molar-refractivity contribution in [3.63, 3.8) is 0 Å². The van der Waals surface area contributed by atoms with E-state index in [-0.39, 0.29) is 18.9 Å². The number of carbonyl (C=O) groups excluding carboxylic acids is 1. The minimum absolute atomic E-state index is 0.0143. The number of nitrogens with zero attached hydrogens (tertiary/aromatic N) is 2. The van der Waals surface area contributed by atoms with Crippen LogP contribution in [0.5, 0.6) is 0 Å². The lowest BCUT2D eigenvalue weighted by atomic mass is 10.2. The number of rotatable bonds is 5. The molecule has 20 heavy (non-hydrogen) atoms. The Morgan fingerprint density at radius 3 is 2.85 bits per heavy atom. The van der Waals surface area contributed by atoms with E-state index in [1.54, 1.807) is 18.3 Å². The van der Waals surface area contributed by atoms with Crippen LogP contribution in [0.2, 0.25) is 5.02 Å². The molecule has 1 aromatic carbocycles. The second kappa shape index (κ2) is 6.73. The first-order valence-corrected chi connectivity index (χ1v) is 6.41. The van der Waals surface area contributed by atoms with Crippen molar-refractivity contribution in [3.8, 4) is 17.4 Å². The first-order chi connectivity index (χ1) is 9.69. The first-order valence-electron chi connectivity index (χ1n) is 6.03. The highest BCUT2D eigenvalue weighted by atomic mass is 35.5. The zero-order valence-electron chi connectivity index (χ0n) is 10.6. The van der Waals surface area contributed by atoms with Crippen molar-refractivity contribution in [1.82, 2.24) is 10.3 Å². The van der Waals surface area contributed by atoms with Gasteiger partial charge in [0, 0.05) is 23.4 Å². The van der Waals surface area contributed by atoms with E-state index >= 15 is 0 Å². The lowest BCUT2D eigenvalue weighted by Gasteiger charge is -1.98. The van der Waals surface area contributed by atoms with Crippen LogP contribution >= 0.6 is 11.6 Å². The van der Waals surface area contributed by atoms with Gasteiger partial charge in [0.2, 0.25) is 5.91 Å². The molecule has 5 nitrogen and oxygen atoms in total. The predicted octanol–water partition coefficient (Wildman–Crippen LogP) is 2.57. The maximum absolute atomic E-state index is 11.3. The van der Waals surface area contributed by atoms with E-state index in [0.29, 0.717) is 23.1 Å². The molecule has 0 saturated carbocycles. The smallest absolute Gasteiger partial charge is 0.221 e. The molecule has 2 rings (SSSR count). The number of nitriles is 1. The second-order valence-electron chi connectivity index (χ2n) is 4.06. The molecule has 0 aliphatic heterocycles. The van der Waals surface area contributed by atoms with Gasteiger partial charge >= 0.3 is 0 Å². The molecule has 0 bridgehead atoms. The van der Waals surface area contributed by atoms with E-state index in [4.69, 9.17) is 21.3 Å². The Balaban J connectivity index is 1.94. The lowest BCUT2D eigenvalue weighted by molar-refractivity contribution is -0.120. The molecule has 0 unspecified atom stereocenters. The molecule has 0 radical (unpaired) electrons. The number of halogens is 1. The zero-order chi connectivity index (χ0) is 14.4. The lowest BCUT2D eigenvalue weighted by Crippen LogP contribution is -2.23. The molecule has 0 spiro atoms. The number of amides is 1. The van der Waals surface area contributed by atoms with Crippen LogP contribution in [-0.4, -0.2) is 17.4 Å².